The Balaban J connectivity index is 0.00000144. The molecule has 2 aromatic heterocycles. The fourth-order valence-corrected chi connectivity index (χ4v) is 2.19. The van der Waals surface area contributed by atoms with Crippen molar-refractivity contribution in [2.45, 2.75) is 32.4 Å². The third kappa shape index (κ3) is 3.23. The van der Waals surface area contributed by atoms with Gasteiger partial charge in [-0.25, -0.2) is 4.57 Å². The Bertz CT molecular complexity index is 452. The molecule has 0 saturated carbocycles. The van der Waals surface area contributed by atoms with Crippen LogP contribution in [-0.2, 0) is 12.7 Å². The Morgan fingerprint density at radius 1 is 1.28 bits per heavy atom. The molecular weight excluding hydrogens is 360 g/mol. The van der Waals surface area contributed by atoms with E-state index in [0.29, 0.717) is 0 Å². The molecule has 2 heterocycles. The molecule has 0 fully saturated rings. The lowest BCUT2D eigenvalue weighted by atomic mass is 10.1. The molecule has 4 nitrogen and oxygen atoms in total. The van der Waals surface area contributed by atoms with Crippen molar-refractivity contribution in [2.75, 3.05) is 0 Å². The minimum absolute atomic E-state index is 0. The van der Waals surface area contributed by atoms with Gasteiger partial charge in [0.25, 0.3) is 0 Å². The number of H-pyrrole nitrogens is 1. The van der Waals surface area contributed by atoms with Crippen molar-refractivity contribution in [3.8, 4) is 0 Å². The number of nitrogens with one attached hydrogen (secondary N) is 1. The maximum Gasteiger partial charge on any atom is 0.249 e. The van der Waals surface area contributed by atoms with Gasteiger partial charge < -0.3 is 34.0 Å². The minimum atomic E-state index is -0.0317. The number of imidazole rings is 2. The summed E-state index contributed by atoms with van der Waals surface area (Å²) in [4.78, 5) is 3.11. The van der Waals surface area contributed by atoms with E-state index in [1.807, 2.05) is 19.6 Å². The van der Waals surface area contributed by atoms with Gasteiger partial charge in [-0.15, -0.1) is 0 Å². The molecule has 2 rings (SSSR count). The molecule has 0 aliphatic rings. The number of aromatic amines is 1. The molecule has 0 spiro atoms. The molecule has 0 aromatic carbocycles. The van der Waals surface area contributed by atoms with Gasteiger partial charge in [0.1, 0.15) is 24.8 Å². The minimum Gasteiger partial charge on any atom is -1.00 e. The van der Waals surface area contributed by atoms with Crippen LogP contribution in [0.15, 0.2) is 37.4 Å². The molecular formula is C12H20Br2N4. The summed E-state index contributed by atoms with van der Waals surface area (Å²) in [5.41, 5.74) is -0.0317. The van der Waals surface area contributed by atoms with Crippen molar-refractivity contribution in [3.05, 3.63) is 37.4 Å². The first-order valence-electron chi connectivity index (χ1n) is 5.75. The smallest absolute Gasteiger partial charge is 0.249 e. The van der Waals surface area contributed by atoms with E-state index in [9.17, 15) is 0 Å². The lowest BCUT2D eigenvalue weighted by molar-refractivity contribution is -0.770. The molecule has 6 heteroatoms. The highest BCUT2D eigenvalue weighted by atomic mass is 79.9. The first kappa shape index (κ1) is 17.4. The van der Waals surface area contributed by atoms with Gasteiger partial charge in [-0.2, -0.15) is 9.13 Å². The number of rotatable bonds is 4. The number of aromatic nitrogens is 4. The Morgan fingerprint density at radius 3 is 2.44 bits per heavy atom. The van der Waals surface area contributed by atoms with Crippen LogP contribution in [0.3, 0.4) is 0 Å². The topological polar surface area (TPSA) is 28.5 Å². The van der Waals surface area contributed by atoms with E-state index in [2.05, 4.69) is 57.5 Å². The maximum absolute atomic E-state index is 3.11. The number of hydrogen-bond acceptors (Lipinski definition) is 0. The van der Waals surface area contributed by atoms with Gasteiger partial charge in [0, 0.05) is 13.3 Å². The molecule has 0 saturated heterocycles. The Kier molecular flexibility index (Phi) is 6.84. The van der Waals surface area contributed by atoms with Crippen LogP contribution in [0.5, 0.6) is 0 Å². The molecule has 0 aliphatic carbocycles. The zero-order chi connectivity index (χ0) is 11.6. The molecule has 0 radical (unpaired) electrons. The van der Waals surface area contributed by atoms with Crippen LogP contribution in [-0.4, -0.2) is 9.55 Å². The van der Waals surface area contributed by atoms with Crippen LogP contribution in [0.2, 0.25) is 0 Å². The fourth-order valence-electron chi connectivity index (χ4n) is 2.19. The molecule has 0 amide bonds. The van der Waals surface area contributed by atoms with Crippen molar-refractivity contribution in [1.29, 1.82) is 0 Å². The van der Waals surface area contributed by atoms with Crippen LogP contribution in [0.1, 0.15) is 26.7 Å². The first-order valence-corrected chi connectivity index (χ1v) is 5.75. The molecule has 1 unspecified atom stereocenters. The van der Waals surface area contributed by atoms with Gasteiger partial charge in [0.15, 0.2) is 0 Å². The van der Waals surface area contributed by atoms with E-state index >= 15 is 0 Å². The summed E-state index contributed by atoms with van der Waals surface area (Å²) in [7, 11) is 2.05. The lowest BCUT2D eigenvalue weighted by Gasteiger charge is -2.22. The summed E-state index contributed by atoms with van der Waals surface area (Å²) in [6.45, 7) is 4.47. The molecule has 18 heavy (non-hydrogen) atoms. The second kappa shape index (κ2) is 7.09. The average molecular weight is 380 g/mol. The Hall–Kier alpha value is -0.620. The number of hydrogen-bond donors (Lipinski definition) is 1. The second-order valence-electron chi connectivity index (χ2n) is 4.47. The predicted molar refractivity (Wildman–Crippen MR) is 60.5 cm³/mol. The van der Waals surface area contributed by atoms with Gasteiger partial charge in [-0.05, 0) is 6.42 Å². The lowest BCUT2D eigenvalue weighted by Crippen LogP contribution is -3.00. The summed E-state index contributed by atoms with van der Waals surface area (Å²) in [6.07, 6.45) is 14.6. The van der Waals surface area contributed by atoms with Gasteiger partial charge >= 0.3 is 0 Å². The van der Waals surface area contributed by atoms with Crippen LogP contribution in [0, 0.1) is 0 Å². The van der Waals surface area contributed by atoms with Crippen LogP contribution in [0.4, 0.5) is 0 Å². The third-order valence-electron chi connectivity index (χ3n) is 3.15. The van der Waals surface area contributed by atoms with Crippen molar-refractivity contribution in [2.24, 2.45) is 7.05 Å². The summed E-state index contributed by atoms with van der Waals surface area (Å²) in [6, 6.07) is 0. The largest absolute Gasteiger partial charge is 1.00 e. The average Bonchev–Trinajstić information content (AvgIpc) is 2.87. The fraction of sp³-hybridized carbons (Fsp3) is 0.500. The molecule has 0 aliphatic heterocycles. The molecule has 102 valence electrons. The summed E-state index contributed by atoms with van der Waals surface area (Å²) < 4.78 is 6.54. The predicted octanol–water partition coefficient (Wildman–Crippen LogP) is -5.04. The molecule has 2 aromatic rings. The summed E-state index contributed by atoms with van der Waals surface area (Å²) >= 11 is 0. The standard InChI is InChI=1S/C12H19N4.2BrH/c1-4-5-12(2,15-7-6-13-10-15)16-9-8-14(3)11-16;;/h6-11H,4-5H2,1-3H3;2*1H/q+1;;/p-1. The highest BCUT2D eigenvalue weighted by Gasteiger charge is 2.36. The number of aryl methyl sites for hydroxylation is 1. The number of nitrogens with zero attached hydrogens (tertiary/aromatic N) is 3. The van der Waals surface area contributed by atoms with Gasteiger partial charge in [0.2, 0.25) is 18.3 Å². The van der Waals surface area contributed by atoms with E-state index in [1.165, 1.54) is 0 Å². The quantitative estimate of drug-likeness (QED) is 0.515. The Morgan fingerprint density at radius 2 is 2.00 bits per heavy atom. The van der Waals surface area contributed by atoms with E-state index in [4.69, 9.17) is 0 Å². The van der Waals surface area contributed by atoms with E-state index < -0.39 is 0 Å². The van der Waals surface area contributed by atoms with Crippen molar-refractivity contribution in [3.63, 3.8) is 0 Å². The van der Waals surface area contributed by atoms with E-state index in [-0.39, 0.29) is 39.6 Å². The highest BCUT2D eigenvalue weighted by Crippen LogP contribution is 2.17. The second-order valence-corrected chi connectivity index (χ2v) is 4.47. The van der Waals surface area contributed by atoms with Crippen molar-refractivity contribution in [1.82, 2.24) is 9.55 Å². The SMILES string of the molecule is CCCC(C)(n1cc[n+](C)c1)[n+]1cc[nH]c1.[Br-].[Br-]. The maximum atomic E-state index is 3.11. The highest BCUT2D eigenvalue weighted by molar-refractivity contribution is 4.78. The zero-order valence-electron chi connectivity index (χ0n) is 11.0. The molecule has 1 atom stereocenters. The van der Waals surface area contributed by atoms with Crippen molar-refractivity contribution >= 4 is 0 Å². The van der Waals surface area contributed by atoms with Gasteiger partial charge in [0.05, 0.1) is 7.05 Å². The van der Waals surface area contributed by atoms with Crippen LogP contribution >= 0.6 is 0 Å². The summed E-state index contributed by atoms with van der Waals surface area (Å²) in [5.74, 6) is 0. The van der Waals surface area contributed by atoms with E-state index in [1.54, 1.807) is 0 Å². The van der Waals surface area contributed by atoms with E-state index in [0.717, 1.165) is 12.8 Å². The van der Waals surface area contributed by atoms with Gasteiger partial charge in [-0.3, -0.25) is 4.98 Å². The van der Waals surface area contributed by atoms with Crippen LogP contribution < -0.4 is 43.1 Å². The first-order chi connectivity index (χ1) is 7.66. The number of halogens is 2. The Labute approximate surface area is 129 Å². The third-order valence-corrected chi connectivity index (χ3v) is 3.15. The molecule has 1 N–H and O–H groups in total. The van der Waals surface area contributed by atoms with Crippen molar-refractivity contribution < 1.29 is 43.1 Å². The van der Waals surface area contributed by atoms with Crippen LogP contribution in [0.25, 0.3) is 0 Å². The normalized spacial score (nSPS) is 13.3. The zero-order valence-corrected chi connectivity index (χ0v) is 14.1. The molecule has 0 bridgehead atoms. The van der Waals surface area contributed by atoms with Gasteiger partial charge in [-0.1, -0.05) is 6.92 Å². The summed E-state index contributed by atoms with van der Waals surface area (Å²) in [5, 5.41) is 0. The monoisotopic (exact) mass is 378 g/mol.